The molecule has 0 fully saturated rings. The topological polar surface area (TPSA) is 60.8 Å². The number of benzene rings is 4. The summed E-state index contributed by atoms with van der Waals surface area (Å²) in [6.45, 7) is 3.69. The molecule has 0 bridgehead atoms. The standard InChI is InChI=1S/C27H21NO3/c1-2-27(31)28(25-15-5-3-13-23(25)19-9-7-11-21(29)17-19)26-16-6-4-14-24(26)20-10-8-12-22(30)18-20/h2-18,29-30H,1H2. The van der Waals surface area contributed by atoms with E-state index in [1.54, 1.807) is 41.3 Å². The third-order valence-corrected chi connectivity index (χ3v) is 5.00. The molecule has 152 valence electrons. The molecular weight excluding hydrogens is 386 g/mol. The summed E-state index contributed by atoms with van der Waals surface area (Å²) in [4.78, 5) is 14.7. The van der Waals surface area contributed by atoms with Crippen molar-refractivity contribution in [1.82, 2.24) is 0 Å². The van der Waals surface area contributed by atoms with Crippen LogP contribution < -0.4 is 4.90 Å². The number of phenolic OH excluding ortho intramolecular Hbond substituents is 2. The van der Waals surface area contributed by atoms with Gasteiger partial charge in [-0.25, -0.2) is 0 Å². The molecule has 1 amide bonds. The first kappa shape index (κ1) is 20.0. The molecule has 0 atom stereocenters. The SMILES string of the molecule is C=CC(=O)N(c1ccccc1-c1cccc(O)c1)c1ccccc1-c1cccc(O)c1. The van der Waals surface area contributed by atoms with Crippen LogP contribution in [0.5, 0.6) is 11.5 Å². The smallest absolute Gasteiger partial charge is 0.254 e. The second kappa shape index (κ2) is 8.59. The van der Waals surface area contributed by atoms with Gasteiger partial charge in [0.15, 0.2) is 0 Å². The highest BCUT2D eigenvalue weighted by Crippen LogP contribution is 2.40. The van der Waals surface area contributed by atoms with E-state index < -0.39 is 0 Å². The third-order valence-electron chi connectivity index (χ3n) is 5.00. The third kappa shape index (κ3) is 4.05. The van der Waals surface area contributed by atoms with Gasteiger partial charge in [-0.3, -0.25) is 9.69 Å². The van der Waals surface area contributed by atoms with Crippen LogP contribution in [-0.2, 0) is 4.79 Å². The second-order valence-electron chi connectivity index (χ2n) is 7.01. The normalized spacial score (nSPS) is 10.5. The monoisotopic (exact) mass is 407 g/mol. The van der Waals surface area contributed by atoms with E-state index in [2.05, 4.69) is 6.58 Å². The number of hydrogen-bond acceptors (Lipinski definition) is 3. The Balaban J connectivity index is 1.95. The Morgan fingerprint density at radius 2 is 1.13 bits per heavy atom. The number of phenols is 2. The maximum atomic E-state index is 13.1. The first-order valence-electron chi connectivity index (χ1n) is 9.82. The predicted molar refractivity (Wildman–Crippen MR) is 124 cm³/mol. The van der Waals surface area contributed by atoms with Gasteiger partial charge in [0.2, 0.25) is 0 Å². The summed E-state index contributed by atoms with van der Waals surface area (Å²) in [5, 5.41) is 19.9. The quantitative estimate of drug-likeness (QED) is 0.383. The summed E-state index contributed by atoms with van der Waals surface area (Å²) in [5.41, 5.74) is 4.47. The average Bonchev–Trinajstić information content (AvgIpc) is 2.80. The van der Waals surface area contributed by atoms with E-state index in [-0.39, 0.29) is 17.4 Å². The predicted octanol–water partition coefficient (Wildman–Crippen LogP) is 6.28. The van der Waals surface area contributed by atoms with Crippen LogP contribution in [0.3, 0.4) is 0 Å². The minimum atomic E-state index is -0.291. The van der Waals surface area contributed by atoms with E-state index in [0.717, 1.165) is 22.3 Å². The van der Waals surface area contributed by atoms with Gasteiger partial charge in [-0.15, -0.1) is 0 Å². The van der Waals surface area contributed by atoms with E-state index in [4.69, 9.17) is 0 Å². The lowest BCUT2D eigenvalue weighted by Gasteiger charge is -2.27. The van der Waals surface area contributed by atoms with Crippen molar-refractivity contribution in [1.29, 1.82) is 0 Å². The molecular formula is C27H21NO3. The highest BCUT2D eigenvalue weighted by molar-refractivity contribution is 6.11. The molecule has 2 N–H and O–H groups in total. The average molecular weight is 407 g/mol. The fourth-order valence-electron chi connectivity index (χ4n) is 3.63. The Kier molecular flexibility index (Phi) is 5.54. The molecule has 0 aliphatic heterocycles. The highest BCUT2D eigenvalue weighted by atomic mass is 16.3. The molecule has 4 aromatic carbocycles. The van der Waals surface area contributed by atoms with Crippen LogP contribution in [0, 0.1) is 0 Å². The van der Waals surface area contributed by atoms with Gasteiger partial charge in [0, 0.05) is 11.1 Å². The van der Waals surface area contributed by atoms with Gasteiger partial charge in [0.25, 0.3) is 5.91 Å². The lowest BCUT2D eigenvalue weighted by Crippen LogP contribution is -2.24. The summed E-state index contributed by atoms with van der Waals surface area (Å²) in [5.74, 6) is 0.00308. The van der Waals surface area contributed by atoms with Crippen LogP contribution in [-0.4, -0.2) is 16.1 Å². The Hall–Kier alpha value is -4.31. The zero-order valence-electron chi connectivity index (χ0n) is 16.8. The molecule has 0 heterocycles. The number of amides is 1. The van der Waals surface area contributed by atoms with Gasteiger partial charge >= 0.3 is 0 Å². The second-order valence-corrected chi connectivity index (χ2v) is 7.01. The van der Waals surface area contributed by atoms with Crippen molar-refractivity contribution in [3.63, 3.8) is 0 Å². The Morgan fingerprint density at radius 3 is 1.55 bits per heavy atom. The summed E-state index contributed by atoms with van der Waals surface area (Å²) < 4.78 is 0. The fourth-order valence-corrected chi connectivity index (χ4v) is 3.63. The molecule has 0 saturated heterocycles. The molecule has 0 saturated carbocycles. The van der Waals surface area contributed by atoms with Crippen molar-refractivity contribution in [3.8, 4) is 33.8 Å². The molecule has 0 spiro atoms. The van der Waals surface area contributed by atoms with E-state index in [0.29, 0.717) is 11.4 Å². The maximum Gasteiger partial charge on any atom is 0.254 e. The van der Waals surface area contributed by atoms with Gasteiger partial charge in [0.05, 0.1) is 11.4 Å². The fraction of sp³-hybridized carbons (Fsp3) is 0. The summed E-state index contributed by atoms with van der Waals surface area (Å²) in [7, 11) is 0. The van der Waals surface area contributed by atoms with Gasteiger partial charge in [-0.05, 0) is 53.6 Å². The van der Waals surface area contributed by atoms with Crippen LogP contribution >= 0.6 is 0 Å². The van der Waals surface area contributed by atoms with E-state index >= 15 is 0 Å². The molecule has 4 aromatic rings. The highest BCUT2D eigenvalue weighted by Gasteiger charge is 2.22. The van der Waals surface area contributed by atoms with Gasteiger partial charge in [-0.2, -0.15) is 0 Å². The van der Waals surface area contributed by atoms with Crippen molar-refractivity contribution in [3.05, 3.63) is 110 Å². The number of hydrogen-bond donors (Lipinski definition) is 2. The van der Waals surface area contributed by atoms with Crippen molar-refractivity contribution in [2.45, 2.75) is 0 Å². The molecule has 4 heteroatoms. The molecule has 4 nitrogen and oxygen atoms in total. The van der Waals surface area contributed by atoms with Crippen LogP contribution in [0.25, 0.3) is 22.3 Å². The van der Waals surface area contributed by atoms with Gasteiger partial charge in [-0.1, -0.05) is 67.2 Å². The minimum absolute atomic E-state index is 0.147. The number of nitrogens with zero attached hydrogens (tertiary/aromatic N) is 1. The number of carbonyl (C=O) groups excluding carboxylic acids is 1. The molecule has 0 radical (unpaired) electrons. The lowest BCUT2D eigenvalue weighted by molar-refractivity contribution is -0.113. The van der Waals surface area contributed by atoms with Crippen molar-refractivity contribution in [2.75, 3.05) is 4.90 Å². The zero-order chi connectivity index (χ0) is 21.8. The number of rotatable bonds is 5. The van der Waals surface area contributed by atoms with Crippen LogP contribution in [0.15, 0.2) is 110 Å². The first-order valence-corrected chi connectivity index (χ1v) is 9.82. The Labute approximate surface area is 181 Å². The zero-order valence-corrected chi connectivity index (χ0v) is 16.8. The summed E-state index contributed by atoms with van der Waals surface area (Å²) in [6.07, 6.45) is 1.28. The Morgan fingerprint density at radius 1 is 0.677 bits per heavy atom. The van der Waals surface area contributed by atoms with Crippen molar-refractivity contribution < 1.29 is 15.0 Å². The van der Waals surface area contributed by atoms with Crippen molar-refractivity contribution in [2.24, 2.45) is 0 Å². The number of para-hydroxylation sites is 2. The van der Waals surface area contributed by atoms with Gasteiger partial charge in [0.1, 0.15) is 11.5 Å². The molecule has 4 rings (SSSR count). The van der Waals surface area contributed by atoms with E-state index in [1.807, 2.05) is 60.7 Å². The number of aromatic hydroxyl groups is 2. The van der Waals surface area contributed by atoms with Gasteiger partial charge < -0.3 is 10.2 Å². The molecule has 31 heavy (non-hydrogen) atoms. The van der Waals surface area contributed by atoms with E-state index in [1.165, 1.54) is 6.08 Å². The van der Waals surface area contributed by atoms with Crippen LogP contribution in [0.1, 0.15) is 0 Å². The van der Waals surface area contributed by atoms with Crippen LogP contribution in [0.2, 0.25) is 0 Å². The lowest BCUT2D eigenvalue weighted by atomic mass is 9.99. The minimum Gasteiger partial charge on any atom is -0.508 e. The Bertz CT molecular complexity index is 1170. The summed E-state index contributed by atoms with van der Waals surface area (Å²) >= 11 is 0. The molecule has 0 aliphatic rings. The largest absolute Gasteiger partial charge is 0.508 e. The van der Waals surface area contributed by atoms with Crippen molar-refractivity contribution >= 4 is 17.3 Å². The summed E-state index contributed by atoms with van der Waals surface area (Å²) in [6, 6.07) is 28.9. The molecule has 0 aromatic heterocycles. The maximum absolute atomic E-state index is 13.1. The number of carbonyl (C=O) groups is 1. The molecule has 0 aliphatic carbocycles. The number of anilines is 2. The van der Waals surface area contributed by atoms with Crippen LogP contribution in [0.4, 0.5) is 11.4 Å². The molecule has 0 unspecified atom stereocenters. The van der Waals surface area contributed by atoms with E-state index in [9.17, 15) is 15.0 Å². The first-order chi connectivity index (χ1) is 15.1.